The van der Waals surface area contributed by atoms with E-state index in [1.807, 2.05) is 36.4 Å². The Hall–Kier alpha value is -2.20. The van der Waals surface area contributed by atoms with Crippen LogP contribution >= 0.6 is 11.3 Å². The molecule has 0 aliphatic rings. The smallest absolute Gasteiger partial charge is 0.227 e. The highest BCUT2D eigenvalue weighted by atomic mass is 32.1. The summed E-state index contributed by atoms with van der Waals surface area (Å²) >= 11 is 1.79. The molecule has 0 saturated heterocycles. The molecule has 0 unspecified atom stereocenters. The molecule has 4 heteroatoms. The molecule has 0 saturated carbocycles. The molecule has 2 heterocycles. The van der Waals surface area contributed by atoms with E-state index in [1.54, 1.807) is 17.5 Å². The lowest BCUT2D eigenvalue weighted by Crippen LogP contribution is -1.97. The first-order chi connectivity index (χ1) is 9.72. The number of nitrogens with zero attached hydrogens (tertiary/aromatic N) is 2. The quantitative estimate of drug-likeness (QED) is 0.764. The summed E-state index contributed by atoms with van der Waals surface area (Å²) in [5.74, 6) is 0.622. The van der Waals surface area contributed by atoms with Crippen molar-refractivity contribution >= 4 is 23.0 Å². The zero-order valence-corrected chi connectivity index (χ0v) is 12.2. The minimum atomic E-state index is 0.622. The van der Waals surface area contributed by atoms with Gasteiger partial charge in [0.2, 0.25) is 5.95 Å². The third-order valence-electron chi connectivity index (χ3n) is 3.00. The number of aryl methyl sites for hydroxylation is 2. The van der Waals surface area contributed by atoms with E-state index in [1.165, 1.54) is 15.3 Å². The van der Waals surface area contributed by atoms with Gasteiger partial charge in [-0.1, -0.05) is 18.2 Å². The van der Waals surface area contributed by atoms with E-state index in [9.17, 15) is 0 Å². The molecule has 1 aromatic carbocycles. The summed E-state index contributed by atoms with van der Waals surface area (Å²) in [6, 6.07) is 14.1. The van der Waals surface area contributed by atoms with Crippen LogP contribution in [0.2, 0.25) is 0 Å². The first-order valence-electron chi connectivity index (χ1n) is 6.45. The molecule has 0 spiro atoms. The van der Waals surface area contributed by atoms with Gasteiger partial charge in [-0.25, -0.2) is 9.97 Å². The number of thiophene rings is 1. The van der Waals surface area contributed by atoms with Crippen molar-refractivity contribution < 1.29 is 0 Å². The van der Waals surface area contributed by atoms with Crippen molar-refractivity contribution in [3.8, 4) is 11.3 Å². The minimum absolute atomic E-state index is 0.622. The van der Waals surface area contributed by atoms with E-state index < -0.39 is 0 Å². The normalized spacial score (nSPS) is 10.5. The third-order valence-corrected chi connectivity index (χ3v) is 3.97. The Balaban J connectivity index is 1.92. The van der Waals surface area contributed by atoms with E-state index in [0.29, 0.717) is 5.95 Å². The lowest BCUT2D eigenvalue weighted by Gasteiger charge is -2.06. The molecule has 3 rings (SSSR count). The maximum Gasteiger partial charge on any atom is 0.227 e. The van der Waals surface area contributed by atoms with Crippen LogP contribution in [0.1, 0.15) is 9.75 Å². The molecule has 0 amide bonds. The van der Waals surface area contributed by atoms with Crippen LogP contribution < -0.4 is 5.32 Å². The van der Waals surface area contributed by atoms with Crippen LogP contribution in [-0.4, -0.2) is 9.97 Å². The number of hydrogen-bond acceptors (Lipinski definition) is 4. The second-order valence-corrected chi connectivity index (χ2v) is 6.04. The summed E-state index contributed by atoms with van der Waals surface area (Å²) in [6.45, 7) is 4.24. The zero-order chi connectivity index (χ0) is 13.9. The highest BCUT2D eigenvalue weighted by molar-refractivity contribution is 7.12. The molecule has 0 atom stereocenters. The Morgan fingerprint density at radius 1 is 1.05 bits per heavy atom. The molecular formula is C16H15N3S. The number of benzene rings is 1. The summed E-state index contributed by atoms with van der Waals surface area (Å²) in [5, 5.41) is 3.22. The fourth-order valence-corrected chi connectivity index (χ4v) is 3.04. The fraction of sp³-hybridized carbons (Fsp3) is 0.125. The molecule has 3 nitrogen and oxygen atoms in total. The number of aromatic nitrogens is 2. The van der Waals surface area contributed by atoms with Crippen molar-refractivity contribution in [3.05, 3.63) is 58.4 Å². The van der Waals surface area contributed by atoms with Crippen molar-refractivity contribution in [2.24, 2.45) is 0 Å². The maximum absolute atomic E-state index is 4.60. The molecule has 0 aliphatic heterocycles. The topological polar surface area (TPSA) is 37.8 Å². The fourth-order valence-electron chi connectivity index (χ4n) is 2.10. The highest BCUT2D eigenvalue weighted by Crippen LogP contribution is 2.29. The molecule has 3 aromatic rings. The second-order valence-electron chi connectivity index (χ2n) is 4.58. The van der Waals surface area contributed by atoms with Gasteiger partial charge in [0.15, 0.2) is 0 Å². The second kappa shape index (κ2) is 5.43. The summed E-state index contributed by atoms with van der Waals surface area (Å²) in [7, 11) is 0. The first-order valence-corrected chi connectivity index (χ1v) is 7.26. The van der Waals surface area contributed by atoms with Gasteiger partial charge in [0.05, 0.1) is 5.69 Å². The average molecular weight is 281 g/mol. The molecule has 20 heavy (non-hydrogen) atoms. The summed E-state index contributed by atoms with van der Waals surface area (Å²) in [5.41, 5.74) is 3.13. The van der Waals surface area contributed by atoms with E-state index in [0.717, 1.165) is 11.4 Å². The lowest BCUT2D eigenvalue weighted by molar-refractivity contribution is 1.17. The van der Waals surface area contributed by atoms with Gasteiger partial charge < -0.3 is 5.32 Å². The monoisotopic (exact) mass is 281 g/mol. The van der Waals surface area contributed by atoms with Crippen LogP contribution in [0.25, 0.3) is 11.3 Å². The van der Waals surface area contributed by atoms with Gasteiger partial charge in [-0.05, 0) is 38.1 Å². The van der Waals surface area contributed by atoms with Crippen LogP contribution in [0, 0.1) is 13.8 Å². The van der Waals surface area contributed by atoms with E-state index in [-0.39, 0.29) is 0 Å². The standard InChI is InChI=1S/C16H15N3S/c1-11-10-14(12(2)20-11)15-8-9-17-16(19-15)18-13-6-4-3-5-7-13/h3-10H,1-2H3,(H,17,18,19). The predicted octanol–water partition coefficient (Wildman–Crippen LogP) is 4.57. The van der Waals surface area contributed by atoms with Crippen molar-refractivity contribution in [2.45, 2.75) is 13.8 Å². The number of nitrogens with one attached hydrogen (secondary N) is 1. The Morgan fingerprint density at radius 3 is 2.55 bits per heavy atom. The Kier molecular flexibility index (Phi) is 3.48. The van der Waals surface area contributed by atoms with E-state index >= 15 is 0 Å². The van der Waals surface area contributed by atoms with Gasteiger partial charge in [-0.15, -0.1) is 11.3 Å². The van der Waals surface area contributed by atoms with Gasteiger partial charge in [0.1, 0.15) is 0 Å². The minimum Gasteiger partial charge on any atom is -0.324 e. The molecule has 2 aromatic heterocycles. The molecule has 0 fully saturated rings. The number of anilines is 2. The third kappa shape index (κ3) is 2.70. The summed E-state index contributed by atoms with van der Waals surface area (Å²) in [6.07, 6.45) is 1.79. The molecule has 0 radical (unpaired) electrons. The molecule has 1 N–H and O–H groups in total. The summed E-state index contributed by atoms with van der Waals surface area (Å²) in [4.78, 5) is 11.5. The highest BCUT2D eigenvalue weighted by Gasteiger charge is 2.08. The molecule has 0 aliphatic carbocycles. The van der Waals surface area contributed by atoms with Gasteiger partial charge >= 0.3 is 0 Å². The van der Waals surface area contributed by atoms with Crippen molar-refractivity contribution in [3.63, 3.8) is 0 Å². The van der Waals surface area contributed by atoms with Gasteiger partial charge in [0.25, 0.3) is 0 Å². The van der Waals surface area contributed by atoms with Gasteiger partial charge in [-0.2, -0.15) is 0 Å². The number of rotatable bonds is 3. The van der Waals surface area contributed by atoms with Crippen LogP contribution in [0.15, 0.2) is 48.7 Å². The number of hydrogen-bond donors (Lipinski definition) is 1. The lowest BCUT2D eigenvalue weighted by atomic mass is 10.2. The predicted molar refractivity (Wildman–Crippen MR) is 84.5 cm³/mol. The average Bonchev–Trinajstić information content (AvgIpc) is 2.79. The van der Waals surface area contributed by atoms with E-state index in [4.69, 9.17) is 0 Å². The number of para-hydroxylation sites is 1. The molecule has 100 valence electrons. The molecular weight excluding hydrogens is 266 g/mol. The van der Waals surface area contributed by atoms with Crippen LogP contribution in [0.4, 0.5) is 11.6 Å². The Bertz CT molecular complexity index is 720. The Labute approximate surface area is 122 Å². The summed E-state index contributed by atoms with van der Waals surface area (Å²) < 4.78 is 0. The SMILES string of the molecule is Cc1cc(-c2ccnc(Nc3ccccc3)n2)c(C)s1. The first kappa shape index (κ1) is 12.8. The van der Waals surface area contributed by atoms with Crippen LogP contribution in [-0.2, 0) is 0 Å². The van der Waals surface area contributed by atoms with Gasteiger partial charge in [0, 0.05) is 27.2 Å². The largest absolute Gasteiger partial charge is 0.324 e. The molecule has 0 bridgehead atoms. The van der Waals surface area contributed by atoms with Crippen LogP contribution in [0.5, 0.6) is 0 Å². The zero-order valence-electron chi connectivity index (χ0n) is 11.4. The van der Waals surface area contributed by atoms with Crippen molar-refractivity contribution in [1.29, 1.82) is 0 Å². The van der Waals surface area contributed by atoms with Gasteiger partial charge in [-0.3, -0.25) is 0 Å². The Morgan fingerprint density at radius 2 is 1.85 bits per heavy atom. The van der Waals surface area contributed by atoms with Crippen LogP contribution in [0.3, 0.4) is 0 Å². The maximum atomic E-state index is 4.60. The van der Waals surface area contributed by atoms with E-state index in [2.05, 4.69) is 35.2 Å². The van der Waals surface area contributed by atoms with Crippen molar-refractivity contribution in [1.82, 2.24) is 9.97 Å². The van der Waals surface area contributed by atoms with Crippen molar-refractivity contribution in [2.75, 3.05) is 5.32 Å².